The zero-order chi connectivity index (χ0) is 22.2. The number of nitrogens with one attached hydrogen (secondary N) is 1. The number of thiocarbonyl (C=S) groups is 1. The number of aryl methyl sites for hydroxylation is 2. The van der Waals surface area contributed by atoms with Crippen LogP contribution in [0.1, 0.15) is 34.6 Å². The third-order valence-corrected chi connectivity index (χ3v) is 6.38. The average Bonchev–Trinajstić information content (AvgIpc) is 3.41. The maximum atomic E-state index is 14.7. The van der Waals surface area contributed by atoms with Crippen LogP contribution in [0, 0.1) is 19.7 Å². The fraction of sp³-hybridized carbons (Fsp3) is 0.154. The highest BCUT2D eigenvalue weighted by Gasteiger charge is 2.42. The average molecular weight is 443 g/mol. The van der Waals surface area contributed by atoms with Crippen molar-refractivity contribution in [1.29, 1.82) is 0 Å². The summed E-state index contributed by atoms with van der Waals surface area (Å²) in [7, 11) is 0. The number of hydrogen-bond donors (Lipinski definition) is 1. The van der Waals surface area contributed by atoms with Crippen LogP contribution < -0.4 is 10.2 Å². The molecule has 0 bridgehead atoms. The lowest BCUT2D eigenvalue weighted by molar-refractivity contribution is 0.544. The van der Waals surface area contributed by atoms with E-state index in [9.17, 15) is 4.39 Å². The molecule has 0 amide bonds. The molecule has 1 N–H and O–H groups in total. The van der Waals surface area contributed by atoms with Gasteiger partial charge in [0.2, 0.25) is 0 Å². The molecule has 4 nitrogen and oxygen atoms in total. The lowest BCUT2D eigenvalue weighted by Crippen LogP contribution is -2.30. The third-order valence-electron chi connectivity index (χ3n) is 6.06. The number of hydrogen-bond acceptors (Lipinski definition) is 2. The van der Waals surface area contributed by atoms with Crippen LogP contribution in [-0.4, -0.2) is 14.7 Å². The van der Waals surface area contributed by atoms with E-state index in [-0.39, 0.29) is 17.9 Å². The van der Waals surface area contributed by atoms with Gasteiger partial charge >= 0.3 is 0 Å². The highest BCUT2D eigenvalue weighted by Crippen LogP contribution is 2.42. The van der Waals surface area contributed by atoms with Crippen LogP contribution in [0.2, 0.25) is 0 Å². The van der Waals surface area contributed by atoms with Gasteiger partial charge in [-0.25, -0.2) is 4.39 Å². The Morgan fingerprint density at radius 2 is 1.75 bits per heavy atom. The van der Waals surface area contributed by atoms with E-state index >= 15 is 0 Å². The molecule has 2 aromatic heterocycles. The lowest BCUT2D eigenvalue weighted by Gasteiger charge is -2.29. The maximum absolute atomic E-state index is 14.7. The van der Waals surface area contributed by atoms with Gasteiger partial charge in [-0.15, -0.1) is 0 Å². The summed E-state index contributed by atoms with van der Waals surface area (Å²) in [5.74, 6) is -0.273. The van der Waals surface area contributed by atoms with Crippen LogP contribution in [-0.2, 0) is 0 Å². The summed E-state index contributed by atoms with van der Waals surface area (Å²) >= 11 is 5.82. The molecule has 1 aliphatic heterocycles. The van der Waals surface area contributed by atoms with Gasteiger partial charge in [-0.2, -0.15) is 0 Å². The minimum Gasteiger partial charge on any atom is -0.351 e. The topological polar surface area (TPSA) is 33.1 Å². The van der Waals surface area contributed by atoms with Gasteiger partial charge in [-0.3, -0.25) is 4.98 Å². The molecule has 1 saturated heterocycles. The van der Waals surface area contributed by atoms with Gasteiger partial charge in [0.25, 0.3) is 0 Å². The Kier molecular flexibility index (Phi) is 5.23. The van der Waals surface area contributed by atoms with Crippen LogP contribution in [0.3, 0.4) is 0 Å². The highest BCUT2D eigenvalue weighted by molar-refractivity contribution is 7.80. The van der Waals surface area contributed by atoms with Crippen molar-refractivity contribution < 1.29 is 4.39 Å². The molecule has 0 radical (unpaired) electrons. The monoisotopic (exact) mass is 442 g/mol. The maximum Gasteiger partial charge on any atom is 0.174 e. The smallest absolute Gasteiger partial charge is 0.174 e. The first kappa shape index (κ1) is 20.4. The van der Waals surface area contributed by atoms with Crippen molar-refractivity contribution in [2.45, 2.75) is 25.9 Å². The zero-order valence-corrected chi connectivity index (χ0v) is 18.7. The second-order valence-electron chi connectivity index (χ2n) is 8.02. The van der Waals surface area contributed by atoms with Gasteiger partial charge in [0.1, 0.15) is 11.9 Å². The summed E-state index contributed by atoms with van der Waals surface area (Å²) in [6.45, 7) is 4.19. The second-order valence-corrected chi connectivity index (χ2v) is 8.41. The van der Waals surface area contributed by atoms with Crippen molar-refractivity contribution in [1.82, 2.24) is 14.9 Å². The molecule has 32 heavy (non-hydrogen) atoms. The Morgan fingerprint density at radius 1 is 0.938 bits per heavy atom. The SMILES string of the molecule is Cc1ccc(N2C(=S)N[C@H](c3ccccn3)[C@@H]2c2cccn2-c2ccccc2F)cc1C. The minimum absolute atomic E-state index is 0.189. The quantitative estimate of drug-likeness (QED) is 0.405. The fourth-order valence-electron chi connectivity index (χ4n) is 4.31. The van der Waals surface area contributed by atoms with Gasteiger partial charge in [0.15, 0.2) is 5.11 Å². The van der Waals surface area contributed by atoms with E-state index in [0.29, 0.717) is 10.8 Å². The van der Waals surface area contributed by atoms with Crippen molar-refractivity contribution in [3.63, 3.8) is 0 Å². The van der Waals surface area contributed by atoms with Crippen molar-refractivity contribution in [3.8, 4) is 5.69 Å². The normalized spacial score (nSPS) is 18.1. The number of para-hydroxylation sites is 1. The van der Waals surface area contributed by atoms with Crippen LogP contribution in [0.4, 0.5) is 10.1 Å². The van der Waals surface area contributed by atoms with Crippen LogP contribution >= 0.6 is 12.2 Å². The number of rotatable bonds is 4. The first-order valence-corrected chi connectivity index (χ1v) is 11.0. The highest BCUT2D eigenvalue weighted by atomic mass is 32.1. The number of aromatic nitrogens is 2. The Labute approximate surface area is 192 Å². The first-order chi connectivity index (χ1) is 15.5. The molecule has 5 rings (SSSR count). The molecule has 1 fully saturated rings. The first-order valence-electron chi connectivity index (χ1n) is 10.5. The number of benzene rings is 2. The molecule has 3 heterocycles. The van der Waals surface area contributed by atoms with Gasteiger partial charge in [-0.05, 0) is 85.7 Å². The number of pyridine rings is 1. The van der Waals surface area contributed by atoms with Crippen LogP contribution in [0.5, 0.6) is 0 Å². The van der Waals surface area contributed by atoms with E-state index in [2.05, 4.69) is 47.2 Å². The standard InChI is InChI=1S/C26H23FN4S/c1-17-12-13-19(16-18(17)2)31-25(24(29-26(31)32)21-9-5-6-14-28-21)23-11-7-15-30(23)22-10-4-3-8-20(22)27/h3-16,24-25H,1-2H3,(H,29,32)/t24-,25+/m1/s1. The molecular weight excluding hydrogens is 419 g/mol. The van der Waals surface area contributed by atoms with Crippen molar-refractivity contribution in [2.24, 2.45) is 0 Å². The molecular formula is C26H23FN4S. The van der Waals surface area contributed by atoms with Gasteiger partial charge in [0, 0.05) is 23.8 Å². The molecule has 2 aromatic carbocycles. The third kappa shape index (κ3) is 3.46. The van der Waals surface area contributed by atoms with Gasteiger partial charge in [-0.1, -0.05) is 24.3 Å². The molecule has 0 aliphatic carbocycles. The zero-order valence-electron chi connectivity index (χ0n) is 17.9. The van der Waals surface area contributed by atoms with E-state index < -0.39 is 0 Å². The largest absolute Gasteiger partial charge is 0.351 e. The lowest BCUT2D eigenvalue weighted by atomic mass is 10.00. The summed E-state index contributed by atoms with van der Waals surface area (Å²) < 4.78 is 16.6. The number of anilines is 1. The Hall–Kier alpha value is -3.51. The van der Waals surface area contributed by atoms with Crippen molar-refractivity contribution in [3.05, 3.63) is 114 Å². The van der Waals surface area contributed by atoms with E-state index in [0.717, 1.165) is 17.1 Å². The Balaban J connectivity index is 1.69. The van der Waals surface area contributed by atoms with Crippen molar-refractivity contribution in [2.75, 3.05) is 4.90 Å². The van der Waals surface area contributed by atoms with Crippen LogP contribution in [0.15, 0.2) is 85.2 Å². The predicted molar refractivity (Wildman–Crippen MR) is 130 cm³/mol. The number of halogens is 1. The molecule has 0 spiro atoms. The molecule has 2 atom stereocenters. The van der Waals surface area contributed by atoms with E-state index in [4.69, 9.17) is 12.2 Å². The molecule has 6 heteroatoms. The molecule has 1 aliphatic rings. The predicted octanol–water partition coefficient (Wildman–Crippen LogP) is 5.81. The summed E-state index contributed by atoms with van der Waals surface area (Å²) in [6.07, 6.45) is 3.68. The minimum atomic E-state index is -0.273. The molecule has 160 valence electrons. The summed E-state index contributed by atoms with van der Waals surface area (Å²) in [4.78, 5) is 6.72. The summed E-state index contributed by atoms with van der Waals surface area (Å²) in [6, 6.07) is 22.6. The van der Waals surface area contributed by atoms with E-state index in [1.807, 2.05) is 47.2 Å². The summed E-state index contributed by atoms with van der Waals surface area (Å²) in [5.41, 5.74) is 5.72. The van der Waals surface area contributed by atoms with Crippen LogP contribution in [0.25, 0.3) is 5.69 Å². The Bertz CT molecular complexity index is 1280. The number of nitrogens with zero attached hydrogens (tertiary/aromatic N) is 3. The van der Waals surface area contributed by atoms with E-state index in [1.54, 1.807) is 18.3 Å². The van der Waals surface area contributed by atoms with Crippen molar-refractivity contribution >= 4 is 23.0 Å². The molecule has 0 saturated carbocycles. The van der Waals surface area contributed by atoms with Gasteiger partial charge in [0.05, 0.1) is 17.4 Å². The molecule has 0 unspecified atom stereocenters. The fourth-order valence-corrected chi connectivity index (χ4v) is 4.66. The van der Waals surface area contributed by atoms with Gasteiger partial charge < -0.3 is 14.8 Å². The van der Waals surface area contributed by atoms with E-state index in [1.165, 1.54) is 17.2 Å². The Morgan fingerprint density at radius 3 is 2.50 bits per heavy atom. The second kappa shape index (κ2) is 8.20. The summed E-state index contributed by atoms with van der Waals surface area (Å²) in [5, 5.41) is 4.09. The molecule has 4 aromatic rings.